The van der Waals surface area contributed by atoms with Crippen molar-refractivity contribution in [2.24, 2.45) is 0 Å². The number of aryl methyl sites for hydroxylation is 1. The first-order valence-electron chi connectivity index (χ1n) is 7.19. The molecule has 1 N–H and O–H groups in total. The van der Waals surface area contributed by atoms with E-state index in [1.165, 1.54) is 16.2 Å². The van der Waals surface area contributed by atoms with E-state index in [4.69, 9.17) is 4.42 Å². The van der Waals surface area contributed by atoms with E-state index in [9.17, 15) is 0 Å². The van der Waals surface area contributed by atoms with Crippen molar-refractivity contribution in [1.82, 2.24) is 10.2 Å². The first kappa shape index (κ1) is 15.3. The van der Waals surface area contributed by atoms with Gasteiger partial charge in [-0.1, -0.05) is 6.92 Å². The molecule has 2 aromatic heterocycles. The standard InChI is InChI=1S/C16H24N2OS/c1-4-9-17-10-15-7-8-16(20-15)12-18(3)11-14-6-5-13(2)19-14/h5-8,17H,4,9-12H2,1-3H3. The highest BCUT2D eigenvalue weighted by Gasteiger charge is 2.07. The molecule has 3 nitrogen and oxygen atoms in total. The van der Waals surface area contributed by atoms with E-state index in [0.29, 0.717) is 0 Å². The monoisotopic (exact) mass is 292 g/mol. The van der Waals surface area contributed by atoms with E-state index in [1.807, 2.05) is 24.3 Å². The molecule has 0 aromatic carbocycles. The van der Waals surface area contributed by atoms with Gasteiger partial charge in [-0.15, -0.1) is 11.3 Å². The van der Waals surface area contributed by atoms with Gasteiger partial charge in [0.2, 0.25) is 0 Å². The Labute approximate surface area is 125 Å². The van der Waals surface area contributed by atoms with Crippen LogP contribution in [0, 0.1) is 6.92 Å². The van der Waals surface area contributed by atoms with E-state index in [1.54, 1.807) is 0 Å². The molecule has 0 saturated heterocycles. The van der Waals surface area contributed by atoms with Gasteiger partial charge in [-0.3, -0.25) is 4.90 Å². The van der Waals surface area contributed by atoms with Crippen molar-refractivity contribution in [3.8, 4) is 0 Å². The molecule has 2 aromatic rings. The average molecular weight is 292 g/mol. The Bertz CT molecular complexity index is 518. The van der Waals surface area contributed by atoms with Crippen LogP contribution in [0.25, 0.3) is 0 Å². The Morgan fingerprint density at radius 1 is 1.15 bits per heavy atom. The maximum Gasteiger partial charge on any atom is 0.118 e. The quantitative estimate of drug-likeness (QED) is 0.751. The fourth-order valence-electron chi connectivity index (χ4n) is 2.15. The minimum absolute atomic E-state index is 0.856. The predicted molar refractivity (Wildman–Crippen MR) is 84.9 cm³/mol. The van der Waals surface area contributed by atoms with Crippen LogP contribution < -0.4 is 5.32 Å². The Morgan fingerprint density at radius 2 is 1.95 bits per heavy atom. The maximum absolute atomic E-state index is 5.61. The van der Waals surface area contributed by atoms with Gasteiger partial charge in [0.05, 0.1) is 6.54 Å². The van der Waals surface area contributed by atoms with E-state index >= 15 is 0 Å². The van der Waals surface area contributed by atoms with Crippen molar-refractivity contribution in [2.45, 2.75) is 39.9 Å². The largest absolute Gasteiger partial charge is 0.465 e. The fourth-order valence-corrected chi connectivity index (χ4v) is 3.22. The zero-order valence-corrected chi connectivity index (χ0v) is 13.4. The van der Waals surface area contributed by atoms with Gasteiger partial charge >= 0.3 is 0 Å². The second kappa shape index (κ2) is 7.62. The van der Waals surface area contributed by atoms with Gasteiger partial charge in [0, 0.05) is 22.8 Å². The van der Waals surface area contributed by atoms with Gasteiger partial charge in [-0.25, -0.2) is 0 Å². The van der Waals surface area contributed by atoms with Gasteiger partial charge in [0.25, 0.3) is 0 Å². The van der Waals surface area contributed by atoms with Crippen LogP contribution >= 0.6 is 11.3 Å². The summed E-state index contributed by atoms with van der Waals surface area (Å²) in [5.74, 6) is 2.01. The molecule has 0 aliphatic rings. The van der Waals surface area contributed by atoms with Crippen molar-refractivity contribution in [3.63, 3.8) is 0 Å². The molecule has 4 heteroatoms. The molecule has 0 aliphatic carbocycles. The minimum Gasteiger partial charge on any atom is -0.465 e. The van der Waals surface area contributed by atoms with E-state index in [2.05, 4.69) is 42.4 Å². The first-order chi connectivity index (χ1) is 9.67. The van der Waals surface area contributed by atoms with Crippen LogP contribution in [0.1, 0.15) is 34.6 Å². The molecule has 0 radical (unpaired) electrons. The lowest BCUT2D eigenvalue weighted by Gasteiger charge is -2.13. The summed E-state index contributed by atoms with van der Waals surface area (Å²) in [7, 11) is 2.13. The van der Waals surface area contributed by atoms with Gasteiger partial charge < -0.3 is 9.73 Å². The summed E-state index contributed by atoms with van der Waals surface area (Å²) < 4.78 is 5.61. The third-order valence-electron chi connectivity index (χ3n) is 3.09. The highest BCUT2D eigenvalue weighted by molar-refractivity contribution is 7.11. The van der Waals surface area contributed by atoms with Crippen molar-refractivity contribution >= 4 is 11.3 Å². The molecule has 0 spiro atoms. The van der Waals surface area contributed by atoms with Gasteiger partial charge in [0.15, 0.2) is 0 Å². The topological polar surface area (TPSA) is 28.4 Å². The lowest BCUT2D eigenvalue weighted by Crippen LogP contribution is -2.16. The highest BCUT2D eigenvalue weighted by atomic mass is 32.1. The highest BCUT2D eigenvalue weighted by Crippen LogP contribution is 2.19. The molecule has 0 amide bonds. The summed E-state index contributed by atoms with van der Waals surface area (Å²) in [4.78, 5) is 5.10. The summed E-state index contributed by atoms with van der Waals surface area (Å²) >= 11 is 1.89. The van der Waals surface area contributed by atoms with Crippen LogP contribution in [0.2, 0.25) is 0 Å². The van der Waals surface area contributed by atoms with Crippen LogP contribution in [-0.2, 0) is 19.6 Å². The summed E-state index contributed by atoms with van der Waals surface area (Å²) in [5, 5.41) is 3.44. The number of nitrogens with one attached hydrogen (secondary N) is 1. The molecule has 20 heavy (non-hydrogen) atoms. The van der Waals surface area contributed by atoms with Gasteiger partial charge in [0.1, 0.15) is 11.5 Å². The molecular weight excluding hydrogens is 268 g/mol. The average Bonchev–Trinajstić information content (AvgIpc) is 2.99. The first-order valence-corrected chi connectivity index (χ1v) is 8.01. The zero-order valence-electron chi connectivity index (χ0n) is 12.6. The third kappa shape index (κ3) is 4.78. The second-order valence-electron chi connectivity index (χ2n) is 5.23. The molecule has 0 saturated carbocycles. The fraction of sp³-hybridized carbons (Fsp3) is 0.500. The van der Waals surface area contributed by atoms with Crippen LogP contribution in [0.15, 0.2) is 28.7 Å². The maximum atomic E-state index is 5.61. The molecule has 0 fully saturated rings. The Kier molecular flexibility index (Phi) is 5.83. The Balaban J connectivity index is 1.80. The van der Waals surface area contributed by atoms with E-state index in [0.717, 1.165) is 37.7 Å². The number of thiophene rings is 1. The molecule has 0 atom stereocenters. The minimum atomic E-state index is 0.856. The van der Waals surface area contributed by atoms with Crippen molar-refractivity contribution in [1.29, 1.82) is 0 Å². The number of hydrogen-bond acceptors (Lipinski definition) is 4. The summed E-state index contributed by atoms with van der Waals surface area (Å²) in [5.41, 5.74) is 0. The number of hydrogen-bond donors (Lipinski definition) is 1. The van der Waals surface area contributed by atoms with Crippen LogP contribution in [0.4, 0.5) is 0 Å². The number of furan rings is 1. The summed E-state index contributed by atoms with van der Waals surface area (Å²) in [6.45, 7) is 8.08. The smallest absolute Gasteiger partial charge is 0.118 e. The van der Waals surface area contributed by atoms with Gasteiger partial charge in [-0.2, -0.15) is 0 Å². The lowest BCUT2D eigenvalue weighted by molar-refractivity contribution is 0.287. The molecule has 2 heterocycles. The number of nitrogens with zero attached hydrogens (tertiary/aromatic N) is 1. The molecule has 0 unspecified atom stereocenters. The van der Waals surface area contributed by atoms with Gasteiger partial charge in [-0.05, 0) is 51.2 Å². The SMILES string of the molecule is CCCNCc1ccc(CN(C)Cc2ccc(C)o2)s1. The summed E-state index contributed by atoms with van der Waals surface area (Å²) in [6.07, 6.45) is 1.18. The zero-order chi connectivity index (χ0) is 14.4. The normalized spacial score (nSPS) is 11.4. The van der Waals surface area contributed by atoms with Crippen molar-refractivity contribution < 1.29 is 4.42 Å². The second-order valence-corrected chi connectivity index (χ2v) is 6.48. The van der Waals surface area contributed by atoms with Crippen molar-refractivity contribution in [2.75, 3.05) is 13.6 Å². The van der Waals surface area contributed by atoms with Crippen molar-refractivity contribution in [3.05, 3.63) is 45.5 Å². The Hall–Kier alpha value is -1.10. The molecule has 2 rings (SSSR count). The summed E-state index contributed by atoms with van der Waals surface area (Å²) in [6, 6.07) is 8.54. The molecule has 0 aliphatic heterocycles. The lowest BCUT2D eigenvalue weighted by atomic mass is 10.3. The van der Waals surface area contributed by atoms with E-state index in [-0.39, 0.29) is 0 Å². The Morgan fingerprint density at radius 3 is 2.65 bits per heavy atom. The molecule has 110 valence electrons. The van der Waals surface area contributed by atoms with Crippen LogP contribution in [0.3, 0.4) is 0 Å². The molecular formula is C16H24N2OS. The number of rotatable bonds is 8. The van der Waals surface area contributed by atoms with E-state index < -0.39 is 0 Å². The van der Waals surface area contributed by atoms with Crippen LogP contribution in [-0.4, -0.2) is 18.5 Å². The van der Waals surface area contributed by atoms with Crippen LogP contribution in [0.5, 0.6) is 0 Å². The predicted octanol–water partition coefficient (Wildman–Crippen LogP) is 3.78. The molecule has 0 bridgehead atoms. The third-order valence-corrected chi connectivity index (χ3v) is 4.16.